The van der Waals surface area contributed by atoms with Gasteiger partial charge in [0.2, 0.25) is 11.9 Å². The van der Waals surface area contributed by atoms with E-state index in [0.717, 1.165) is 24.1 Å². The lowest BCUT2D eigenvalue weighted by Gasteiger charge is -2.26. The minimum absolute atomic E-state index is 0.480. The summed E-state index contributed by atoms with van der Waals surface area (Å²) in [6.07, 6.45) is 1.48. The van der Waals surface area contributed by atoms with E-state index in [1.165, 1.54) is 6.33 Å². The molecule has 0 aliphatic carbocycles. The number of rotatable bonds is 5. The Balaban J connectivity index is 1.66. The average molecular weight is 347 g/mol. The highest BCUT2D eigenvalue weighted by Gasteiger charge is 2.12. The van der Waals surface area contributed by atoms with Gasteiger partial charge in [-0.25, -0.2) is 15.0 Å². The van der Waals surface area contributed by atoms with Crippen LogP contribution < -0.4 is 16.0 Å². The van der Waals surface area contributed by atoms with Gasteiger partial charge in [0.1, 0.15) is 6.33 Å². The first-order valence-electron chi connectivity index (χ1n) is 7.76. The molecule has 0 unspecified atom stereocenters. The molecule has 0 saturated carbocycles. The van der Waals surface area contributed by atoms with Crippen molar-refractivity contribution in [2.45, 2.75) is 0 Å². The second-order valence-electron chi connectivity index (χ2n) is 5.97. The van der Waals surface area contributed by atoms with Crippen molar-refractivity contribution in [1.82, 2.24) is 20.0 Å². The zero-order valence-electron chi connectivity index (χ0n) is 13.9. The van der Waals surface area contributed by atoms with E-state index in [9.17, 15) is 0 Å². The summed E-state index contributed by atoms with van der Waals surface area (Å²) < 4.78 is 5.32. The maximum absolute atomic E-state index is 8.15. The summed E-state index contributed by atoms with van der Waals surface area (Å²) in [4.78, 5) is 12.7. The van der Waals surface area contributed by atoms with E-state index in [-0.39, 0.29) is 0 Å². The molecule has 1 aliphatic rings. The van der Waals surface area contributed by atoms with E-state index in [0.29, 0.717) is 25.1 Å². The Labute approximate surface area is 141 Å². The van der Waals surface area contributed by atoms with E-state index in [1.54, 1.807) is 0 Å². The van der Waals surface area contributed by atoms with Crippen LogP contribution in [0.2, 0.25) is 0 Å². The van der Waals surface area contributed by atoms with Gasteiger partial charge < -0.3 is 15.2 Å². The minimum Gasteiger partial charge on any atom is -0.379 e. The highest BCUT2D eigenvalue weighted by Crippen LogP contribution is 2.35. The summed E-state index contributed by atoms with van der Waals surface area (Å²) in [7, 11) is -1.74. The first-order chi connectivity index (χ1) is 11.5. The van der Waals surface area contributed by atoms with Crippen LogP contribution in [0.25, 0.3) is 0 Å². The molecule has 9 heteroatoms. The van der Waals surface area contributed by atoms with Crippen LogP contribution in [0, 0.1) is 5.16 Å². The summed E-state index contributed by atoms with van der Waals surface area (Å²) in [6.45, 7) is 6.94. The van der Waals surface area contributed by atoms with Crippen molar-refractivity contribution in [1.29, 1.82) is 5.16 Å². The van der Waals surface area contributed by atoms with Gasteiger partial charge in [0.15, 0.2) is 0 Å². The molecule has 8 nitrogen and oxygen atoms in total. The molecule has 24 heavy (non-hydrogen) atoms. The maximum atomic E-state index is 8.15. The van der Waals surface area contributed by atoms with Crippen molar-refractivity contribution in [3.8, 4) is 0 Å². The zero-order chi connectivity index (χ0) is 17.0. The number of anilines is 3. The molecule has 128 valence electrons. The molecule has 0 spiro atoms. The lowest BCUT2D eigenvalue weighted by atomic mass is 10.3. The number of benzene rings is 1. The molecule has 0 atom stereocenters. The monoisotopic (exact) mass is 347 g/mol. The third kappa shape index (κ3) is 4.50. The molecule has 1 fully saturated rings. The van der Waals surface area contributed by atoms with Gasteiger partial charge in [0, 0.05) is 18.8 Å². The molecule has 1 aromatic heterocycles. The predicted molar refractivity (Wildman–Crippen MR) is 96.7 cm³/mol. The number of nitrogens with zero attached hydrogens (tertiary/aromatic N) is 4. The predicted octanol–water partition coefficient (Wildman–Crippen LogP) is 1.94. The highest BCUT2D eigenvalue weighted by atomic mass is 31.2. The zero-order valence-corrected chi connectivity index (χ0v) is 14.8. The smallest absolute Gasteiger partial charge is 0.242 e. The molecule has 0 radical (unpaired) electrons. The van der Waals surface area contributed by atoms with Gasteiger partial charge in [0.05, 0.1) is 13.2 Å². The van der Waals surface area contributed by atoms with Gasteiger partial charge >= 0.3 is 0 Å². The SMILES string of the molecule is CP(C)(=N)c1ccc(Nc2ncnc(NN3CCOCC3)n2)cc1. The van der Waals surface area contributed by atoms with Crippen molar-refractivity contribution >= 4 is 29.9 Å². The topological polar surface area (TPSA) is 99.0 Å². The van der Waals surface area contributed by atoms with E-state index < -0.39 is 7.05 Å². The van der Waals surface area contributed by atoms with E-state index in [4.69, 9.17) is 9.90 Å². The van der Waals surface area contributed by atoms with Gasteiger partial charge in [-0.15, -0.1) is 0 Å². The Kier molecular flexibility index (Phi) is 5.08. The maximum Gasteiger partial charge on any atom is 0.242 e. The summed E-state index contributed by atoms with van der Waals surface area (Å²) in [5.41, 5.74) is 4.05. The number of morpholine rings is 1. The number of ether oxygens (including phenoxy) is 1. The molecule has 0 bridgehead atoms. The number of hydrogen-bond acceptors (Lipinski definition) is 8. The van der Waals surface area contributed by atoms with Crippen molar-refractivity contribution < 1.29 is 4.74 Å². The lowest BCUT2D eigenvalue weighted by Crippen LogP contribution is -2.40. The Hall–Kier alpha value is -2.02. The first-order valence-corrected chi connectivity index (χ1v) is 10.4. The highest BCUT2D eigenvalue weighted by molar-refractivity contribution is 7.71. The molecule has 1 aromatic carbocycles. The fraction of sp³-hybridized carbons (Fsp3) is 0.400. The Morgan fingerprint density at radius 2 is 1.75 bits per heavy atom. The third-order valence-electron chi connectivity index (χ3n) is 3.61. The van der Waals surface area contributed by atoms with Gasteiger partial charge in [-0.2, -0.15) is 4.98 Å². The average Bonchev–Trinajstić information content (AvgIpc) is 2.56. The molecule has 2 heterocycles. The molecule has 2 aromatic rings. The normalized spacial score (nSPS) is 15.9. The summed E-state index contributed by atoms with van der Waals surface area (Å²) in [5, 5.41) is 14.4. The Bertz CT molecular complexity index is 725. The van der Waals surface area contributed by atoms with Crippen LogP contribution in [0.1, 0.15) is 0 Å². The van der Waals surface area contributed by atoms with Crippen molar-refractivity contribution in [3.63, 3.8) is 0 Å². The van der Waals surface area contributed by atoms with Crippen LogP contribution in [0.5, 0.6) is 0 Å². The third-order valence-corrected chi connectivity index (χ3v) is 5.20. The Morgan fingerprint density at radius 1 is 1.08 bits per heavy atom. The fourth-order valence-corrected chi connectivity index (χ4v) is 3.17. The van der Waals surface area contributed by atoms with Crippen LogP contribution in [0.3, 0.4) is 0 Å². The van der Waals surface area contributed by atoms with Crippen LogP contribution in [0.4, 0.5) is 17.6 Å². The molecular formula is C15H22N7OP. The molecule has 1 aliphatic heterocycles. The van der Waals surface area contributed by atoms with Crippen LogP contribution in [-0.2, 0) is 4.74 Å². The van der Waals surface area contributed by atoms with E-state index >= 15 is 0 Å². The van der Waals surface area contributed by atoms with E-state index in [1.807, 2.05) is 42.6 Å². The second kappa shape index (κ2) is 7.25. The fourth-order valence-electron chi connectivity index (χ4n) is 2.27. The van der Waals surface area contributed by atoms with Gasteiger partial charge in [0.25, 0.3) is 0 Å². The number of aromatic nitrogens is 3. The quantitative estimate of drug-likeness (QED) is 0.711. The lowest BCUT2D eigenvalue weighted by molar-refractivity contribution is 0.0492. The van der Waals surface area contributed by atoms with Crippen LogP contribution in [0.15, 0.2) is 30.6 Å². The standard InChI is InChI=1S/C15H22N7OP/c1-24(2,16)13-5-3-12(4-6-13)19-14-17-11-18-15(20-14)21-22-7-9-23-10-8-22/h3-6,11,16H,7-10H2,1-2H3,(H2,17,18,19,20,21). The summed E-state index contributed by atoms with van der Waals surface area (Å²) in [5.74, 6) is 0.984. The molecule has 0 amide bonds. The summed E-state index contributed by atoms with van der Waals surface area (Å²) in [6, 6.07) is 7.86. The number of hydrazine groups is 1. The van der Waals surface area contributed by atoms with Crippen LogP contribution >= 0.6 is 7.05 Å². The summed E-state index contributed by atoms with van der Waals surface area (Å²) >= 11 is 0. The molecule has 1 saturated heterocycles. The first kappa shape index (κ1) is 16.8. The van der Waals surface area contributed by atoms with Gasteiger partial charge in [-0.05, 0) is 37.8 Å². The second-order valence-corrected chi connectivity index (χ2v) is 9.39. The minimum atomic E-state index is -1.74. The van der Waals surface area contributed by atoms with Crippen molar-refractivity contribution in [2.24, 2.45) is 0 Å². The van der Waals surface area contributed by atoms with Crippen molar-refractivity contribution in [2.75, 3.05) is 50.4 Å². The number of nitrogens with one attached hydrogen (secondary N) is 3. The largest absolute Gasteiger partial charge is 0.379 e. The van der Waals surface area contributed by atoms with Gasteiger partial charge in [-0.1, -0.05) is 12.1 Å². The molecule has 3 N–H and O–H groups in total. The molecule has 3 rings (SSSR count). The van der Waals surface area contributed by atoms with E-state index in [2.05, 4.69) is 25.7 Å². The van der Waals surface area contributed by atoms with Crippen molar-refractivity contribution in [3.05, 3.63) is 30.6 Å². The Morgan fingerprint density at radius 3 is 2.42 bits per heavy atom. The van der Waals surface area contributed by atoms with Crippen LogP contribution in [-0.4, -0.2) is 59.6 Å². The molecular weight excluding hydrogens is 325 g/mol. The van der Waals surface area contributed by atoms with Gasteiger partial charge in [-0.3, -0.25) is 5.43 Å². The number of hydrogen-bond donors (Lipinski definition) is 3.